The molecule has 0 bridgehead atoms. The Labute approximate surface area is 209 Å². The molecule has 0 aromatic heterocycles. The molecule has 0 aliphatic heterocycles. The molecule has 3 aromatic rings. The first-order valence-corrected chi connectivity index (χ1v) is 11.4. The van der Waals surface area contributed by atoms with Crippen molar-refractivity contribution >= 4 is 0 Å². The van der Waals surface area contributed by atoms with E-state index in [-0.39, 0.29) is 23.3 Å². The number of aliphatic hydroxyl groups is 3. The molecule has 3 rings (SSSR count). The summed E-state index contributed by atoms with van der Waals surface area (Å²) >= 11 is 0. The van der Waals surface area contributed by atoms with E-state index in [0.717, 1.165) is 18.2 Å². The van der Waals surface area contributed by atoms with Gasteiger partial charge in [0, 0.05) is 0 Å². The van der Waals surface area contributed by atoms with Crippen molar-refractivity contribution in [2.24, 2.45) is 0 Å². The van der Waals surface area contributed by atoms with Crippen LogP contribution in [0, 0.1) is 0 Å². The van der Waals surface area contributed by atoms with Crippen molar-refractivity contribution in [1.82, 2.24) is 0 Å². The first kappa shape index (κ1) is 28.5. The number of benzene rings is 3. The summed E-state index contributed by atoms with van der Waals surface area (Å²) in [6.07, 6.45) is -13.5. The molecule has 0 saturated heterocycles. The van der Waals surface area contributed by atoms with Crippen molar-refractivity contribution in [2.45, 2.75) is 56.5 Å². The standard InChI is InChI=1S/C27H26F6O4/c1-2-13-24(25(36,26(28,29)30)27(31,32)33,22-12-11-20(16-34)21(14-22)17-35)37-23-10-6-9-19(15-23)18-7-4-3-5-8-18/h3-12,14-15,34-36H,2,13,16-17H2,1H3. The molecular formula is C27H26F6O4. The third-order valence-electron chi connectivity index (χ3n) is 6.25. The summed E-state index contributed by atoms with van der Waals surface area (Å²) in [4.78, 5) is 0. The third kappa shape index (κ3) is 5.18. The Hall–Kier alpha value is -3.08. The summed E-state index contributed by atoms with van der Waals surface area (Å²) < 4.78 is 91.7. The van der Waals surface area contributed by atoms with Gasteiger partial charge in [-0.05, 0) is 52.4 Å². The van der Waals surface area contributed by atoms with Gasteiger partial charge >= 0.3 is 18.0 Å². The first-order valence-electron chi connectivity index (χ1n) is 11.4. The van der Waals surface area contributed by atoms with Gasteiger partial charge in [0.1, 0.15) is 5.75 Å². The second-order valence-electron chi connectivity index (χ2n) is 8.58. The predicted molar refractivity (Wildman–Crippen MR) is 124 cm³/mol. The molecule has 3 aromatic carbocycles. The molecule has 1 atom stereocenters. The zero-order valence-electron chi connectivity index (χ0n) is 19.8. The van der Waals surface area contributed by atoms with E-state index < -0.39 is 48.8 Å². The van der Waals surface area contributed by atoms with Crippen molar-refractivity contribution in [3.05, 3.63) is 89.5 Å². The fourth-order valence-electron chi connectivity index (χ4n) is 4.44. The van der Waals surface area contributed by atoms with Gasteiger partial charge in [-0.15, -0.1) is 0 Å². The molecule has 0 radical (unpaired) electrons. The quantitative estimate of drug-likeness (QED) is 0.287. The molecule has 200 valence electrons. The minimum absolute atomic E-state index is 0.102. The fraction of sp³-hybridized carbons (Fsp3) is 0.333. The van der Waals surface area contributed by atoms with Gasteiger partial charge in [-0.3, -0.25) is 0 Å². The van der Waals surface area contributed by atoms with Crippen LogP contribution >= 0.6 is 0 Å². The minimum atomic E-state index is -6.20. The van der Waals surface area contributed by atoms with Gasteiger partial charge in [-0.2, -0.15) is 26.3 Å². The lowest BCUT2D eigenvalue weighted by Gasteiger charge is -2.48. The fourth-order valence-corrected chi connectivity index (χ4v) is 4.44. The molecule has 37 heavy (non-hydrogen) atoms. The van der Waals surface area contributed by atoms with Crippen molar-refractivity contribution in [2.75, 3.05) is 0 Å². The van der Waals surface area contributed by atoms with Gasteiger partial charge in [-0.1, -0.05) is 67.9 Å². The van der Waals surface area contributed by atoms with Crippen molar-refractivity contribution in [1.29, 1.82) is 0 Å². The third-order valence-corrected chi connectivity index (χ3v) is 6.25. The maximum atomic E-state index is 14.3. The number of halogens is 6. The van der Waals surface area contributed by atoms with Crippen LogP contribution in [-0.2, 0) is 18.8 Å². The van der Waals surface area contributed by atoms with Gasteiger partial charge in [0.25, 0.3) is 0 Å². The maximum absolute atomic E-state index is 14.3. The van der Waals surface area contributed by atoms with Crippen LogP contribution in [0.1, 0.15) is 36.5 Å². The molecule has 0 amide bonds. The van der Waals surface area contributed by atoms with E-state index in [2.05, 4.69) is 0 Å². The molecule has 0 aliphatic rings. The van der Waals surface area contributed by atoms with E-state index in [9.17, 15) is 41.7 Å². The summed E-state index contributed by atoms with van der Waals surface area (Å²) in [6, 6.07) is 17.1. The second kappa shape index (κ2) is 10.7. The molecule has 0 heterocycles. The SMILES string of the molecule is CCCC(Oc1cccc(-c2ccccc2)c1)(c1ccc(CO)c(CO)c1)C(O)(C(F)(F)F)C(F)(F)F. The number of ether oxygens (including phenoxy) is 1. The van der Waals surface area contributed by atoms with Crippen LogP contribution in [0.3, 0.4) is 0 Å². The van der Waals surface area contributed by atoms with Gasteiger partial charge in [0.2, 0.25) is 0 Å². The molecule has 0 aliphatic carbocycles. The molecule has 4 nitrogen and oxygen atoms in total. The lowest BCUT2D eigenvalue weighted by atomic mass is 9.72. The smallest absolute Gasteiger partial charge is 0.430 e. The van der Waals surface area contributed by atoms with E-state index in [1.54, 1.807) is 36.4 Å². The number of aliphatic hydroxyl groups excluding tert-OH is 2. The Morgan fingerprint density at radius 1 is 0.703 bits per heavy atom. The summed E-state index contributed by atoms with van der Waals surface area (Å²) in [7, 11) is 0. The summed E-state index contributed by atoms with van der Waals surface area (Å²) in [5.74, 6) is -0.335. The zero-order chi connectivity index (χ0) is 27.5. The molecule has 0 saturated carbocycles. The number of hydrogen-bond acceptors (Lipinski definition) is 4. The molecule has 3 N–H and O–H groups in total. The van der Waals surface area contributed by atoms with Crippen LogP contribution in [0.4, 0.5) is 26.3 Å². The average molecular weight is 528 g/mol. The van der Waals surface area contributed by atoms with Crippen molar-refractivity contribution in [3.8, 4) is 16.9 Å². The Bertz CT molecular complexity index is 1180. The highest BCUT2D eigenvalue weighted by Crippen LogP contribution is 2.57. The van der Waals surface area contributed by atoms with E-state index in [0.29, 0.717) is 11.1 Å². The van der Waals surface area contributed by atoms with Crippen LogP contribution in [0.25, 0.3) is 11.1 Å². The van der Waals surface area contributed by atoms with Gasteiger partial charge in [0.15, 0.2) is 5.60 Å². The van der Waals surface area contributed by atoms with Crippen LogP contribution in [0.5, 0.6) is 5.75 Å². The lowest BCUT2D eigenvalue weighted by molar-refractivity contribution is -0.413. The Morgan fingerprint density at radius 3 is 1.84 bits per heavy atom. The predicted octanol–water partition coefficient (Wildman–Crippen LogP) is 6.27. The Balaban J connectivity index is 2.35. The van der Waals surface area contributed by atoms with E-state index in [1.807, 2.05) is 0 Å². The summed E-state index contributed by atoms with van der Waals surface area (Å²) in [5, 5.41) is 29.9. The molecule has 10 heteroatoms. The highest BCUT2D eigenvalue weighted by atomic mass is 19.4. The topological polar surface area (TPSA) is 69.9 Å². The van der Waals surface area contributed by atoms with Crippen LogP contribution in [0.15, 0.2) is 72.8 Å². The first-order chi connectivity index (χ1) is 17.3. The molecule has 0 spiro atoms. The number of rotatable bonds is 9. The van der Waals surface area contributed by atoms with Crippen LogP contribution < -0.4 is 4.74 Å². The lowest BCUT2D eigenvalue weighted by Crippen LogP contribution is -2.71. The van der Waals surface area contributed by atoms with Crippen LogP contribution in [-0.4, -0.2) is 33.3 Å². The van der Waals surface area contributed by atoms with Crippen molar-refractivity contribution < 1.29 is 46.4 Å². The molecular weight excluding hydrogens is 502 g/mol. The van der Waals surface area contributed by atoms with E-state index in [4.69, 9.17) is 4.74 Å². The Kier molecular flexibility index (Phi) is 8.26. The normalized spacial score (nSPS) is 14.3. The highest BCUT2D eigenvalue weighted by molar-refractivity contribution is 5.65. The average Bonchev–Trinajstić information content (AvgIpc) is 2.86. The number of alkyl halides is 6. The van der Waals surface area contributed by atoms with Crippen molar-refractivity contribution in [3.63, 3.8) is 0 Å². The zero-order valence-corrected chi connectivity index (χ0v) is 19.8. The summed E-state index contributed by atoms with van der Waals surface area (Å²) in [5.41, 5.74) is -8.27. The monoisotopic (exact) mass is 528 g/mol. The molecule has 0 fully saturated rings. The Morgan fingerprint density at radius 2 is 1.30 bits per heavy atom. The van der Waals surface area contributed by atoms with Gasteiger partial charge < -0.3 is 20.1 Å². The largest absolute Gasteiger partial charge is 0.479 e. The van der Waals surface area contributed by atoms with E-state index >= 15 is 0 Å². The molecule has 1 unspecified atom stereocenters. The maximum Gasteiger partial charge on any atom is 0.430 e. The van der Waals surface area contributed by atoms with Gasteiger partial charge in [0.05, 0.1) is 13.2 Å². The van der Waals surface area contributed by atoms with Crippen LogP contribution in [0.2, 0.25) is 0 Å². The summed E-state index contributed by atoms with van der Waals surface area (Å²) in [6.45, 7) is -0.0215. The minimum Gasteiger partial charge on any atom is -0.479 e. The van der Waals surface area contributed by atoms with E-state index in [1.165, 1.54) is 25.1 Å². The second-order valence-corrected chi connectivity index (χ2v) is 8.58. The van der Waals surface area contributed by atoms with Gasteiger partial charge in [-0.25, -0.2) is 0 Å². The number of hydrogen-bond donors (Lipinski definition) is 3. The highest BCUT2D eigenvalue weighted by Gasteiger charge is 2.81.